The lowest BCUT2D eigenvalue weighted by molar-refractivity contribution is 0.364. The van der Waals surface area contributed by atoms with Gasteiger partial charge in [0.15, 0.2) is 11.3 Å². The Morgan fingerprint density at radius 1 is 1.12 bits per heavy atom. The first-order chi connectivity index (χ1) is 12.8. The topological polar surface area (TPSA) is 82.6 Å². The molecule has 3 aromatic heterocycles. The Morgan fingerprint density at radius 3 is 2.92 bits per heavy atom. The fraction of sp³-hybridized carbons (Fsp3) is 0.222. The molecule has 0 radical (unpaired) electrons. The van der Waals surface area contributed by atoms with Crippen molar-refractivity contribution in [2.45, 2.75) is 12.6 Å². The maximum absolute atomic E-state index is 13.6. The molecule has 5 rings (SSSR count). The number of nitrogens with one attached hydrogen (secondary N) is 2. The molecule has 1 fully saturated rings. The number of rotatable bonds is 3. The third-order valence-electron chi connectivity index (χ3n) is 4.63. The van der Waals surface area contributed by atoms with E-state index in [9.17, 15) is 4.39 Å². The van der Waals surface area contributed by atoms with Crippen LogP contribution < -0.4 is 10.2 Å². The van der Waals surface area contributed by atoms with Crippen LogP contribution in [0.15, 0.2) is 42.9 Å². The van der Waals surface area contributed by atoms with E-state index in [-0.39, 0.29) is 0 Å². The Kier molecular flexibility index (Phi) is 3.41. The van der Waals surface area contributed by atoms with E-state index in [4.69, 9.17) is 0 Å². The Hall–Kier alpha value is -3.29. The van der Waals surface area contributed by atoms with Crippen molar-refractivity contribution in [2.24, 2.45) is 0 Å². The second-order valence-electron chi connectivity index (χ2n) is 6.35. The van der Waals surface area contributed by atoms with E-state index in [1.54, 1.807) is 18.6 Å². The first-order valence-corrected chi connectivity index (χ1v) is 8.48. The summed E-state index contributed by atoms with van der Waals surface area (Å²) in [5.41, 5.74) is 2.15. The van der Waals surface area contributed by atoms with Crippen LogP contribution in [0.3, 0.4) is 0 Å². The molecule has 130 valence electrons. The Morgan fingerprint density at radius 2 is 2.04 bits per heavy atom. The molecule has 26 heavy (non-hydrogen) atoms. The van der Waals surface area contributed by atoms with Crippen LogP contribution in [0.1, 0.15) is 6.42 Å². The number of hydrogen-bond donors (Lipinski definition) is 2. The molecule has 1 aromatic carbocycles. The van der Waals surface area contributed by atoms with Crippen molar-refractivity contribution in [1.82, 2.24) is 25.1 Å². The van der Waals surface area contributed by atoms with Crippen molar-refractivity contribution in [3.8, 4) is 0 Å². The predicted octanol–water partition coefficient (Wildman–Crippen LogP) is 3.19. The second-order valence-corrected chi connectivity index (χ2v) is 6.35. The van der Waals surface area contributed by atoms with Crippen molar-refractivity contribution >= 4 is 39.3 Å². The molecule has 1 aliphatic heterocycles. The number of nitrogens with zero attached hydrogens (tertiary/aromatic N) is 5. The average Bonchev–Trinajstić information content (AvgIpc) is 3.28. The Balaban J connectivity index is 1.50. The van der Waals surface area contributed by atoms with Gasteiger partial charge in [0.1, 0.15) is 12.0 Å². The Bertz CT molecular complexity index is 1090. The van der Waals surface area contributed by atoms with Crippen molar-refractivity contribution in [3.63, 3.8) is 0 Å². The van der Waals surface area contributed by atoms with Crippen LogP contribution in [0, 0.1) is 0 Å². The lowest BCUT2D eigenvalue weighted by Crippen LogP contribution is -2.21. The molecular weight excluding hydrogens is 333 g/mol. The molecule has 0 amide bonds. The average molecular weight is 349 g/mol. The van der Waals surface area contributed by atoms with Gasteiger partial charge >= 0.3 is 0 Å². The number of anilines is 3. The smallest absolute Gasteiger partial charge is 0.201 e. The summed E-state index contributed by atoms with van der Waals surface area (Å²) in [7, 11) is 0. The van der Waals surface area contributed by atoms with E-state index in [1.165, 1.54) is 0 Å². The van der Waals surface area contributed by atoms with Gasteiger partial charge in [0.2, 0.25) is 5.65 Å². The molecule has 0 spiro atoms. The molecule has 0 aliphatic carbocycles. The first-order valence-electron chi connectivity index (χ1n) is 8.48. The molecule has 2 N–H and O–H groups in total. The van der Waals surface area contributed by atoms with Crippen molar-refractivity contribution in [1.29, 1.82) is 0 Å². The maximum Gasteiger partial charge on any atom is 0.201 e. The van der Waals surface area contributed by atoms with Gasteiger partial charge in [-0.15, -0.1) is 0 Å². The van der Waals surface area contributed by atoms with Crippen LogP contribution in [0.2, 0.25) is 0 Å². The molecular formula is C18H16FN7. The zero-order chi connectivity index (χ0) is 17.5. The lowest BCUT2D eigenvalue weighted by Gasteiger charge is -2.18. The number of alkyl halides is 1. The highest BCUT2D eigenvalue weighted by Crippen LogP contribution is 2.30. The number of aromatic nitrogens is 5. The van der Waals surface area contributed by atoms with Crippen LogP contribution in [0.4, 0.5) is 21.7 Å². The minimum absolute atomic E-state index is 0.408. The summed E-state index contributed by atoms with van der Waals surface area (Å²) in [5, 5.41) is 12.4. The van der Waals surface area contributed by atoms with Gasteiger partial charge in [0.25, 0.3) is 0 Å². The molecule has 0 unspecified atom stereocenters. The summed E-state index contributed by atoms with van der Waals surface area (Å²) in [5.74, 6) is 1.54. The normalized spacial score (nSPS) is 17.3. The van der Waals surface area contributed by atoms with E-state index in [0.29, 0.717) is 36.5 Å². The van der Waals surface area contributed by atoms with E-state index in [1.807, 2.05) is 29.2 Å². The standard InChI is InChI=1S/C18H16FN7/c19-12-4-8-26(10-12)18-14-2-1-13(9-11(14)3-5-22-18)23-17-15-16(24-25-17)21-7-6-20-15/h1-3,5-7,9,12H,4,8,10H2,(H2,21,23,24,25)/t12-/m1/s1. The quantitative estimate of drug-likeness (QED) is 0.591. The molecule has 8 heteroatoms. The zero-order valence-corrected chi connectivity index (χ0v) is 13.9. The van der Waals surface area contributed by atoms with E-state index < -0.39 is 6.17 Å². The highest BCUT2D eigenvalue weighted by Gasteiger charge is 2.24. The number of hydrogen-bond acceptors (Lipinski definition) is 6. The molecule has 1 atom stereocenters. The van der Waals surface area contributed by atoms with Gasteiger partial charge in [-0.25, -0.2) is 19.3 Å². The summed E-state index contributed by atoms with van der Waals surface area (Å²) in [6.45, 7) is 1.11. The third-order valence-corrected chi connectivity index (χ3v) is 4.63. The highest BCUT2D eigenvalue weighted by atomic mass is 19.1. The van der Waals surface area contributed by atoms with Gasteiger partial charge < -0.3 is 10.2 Å². The van der Waals surface area contributed by atoms with Gasteiger partial charge in [-0.3, -0.25) is 5.10 Å². The number of pyridine rings is 1. The van der Waals surface area contributed by atoms with E-state index in [2.05, 4.69) is 30.5 Å². The molecule has 0 saturated carbocycles. The Labute approximate surface area is 148 Å². The summed E-state index contributed by atoms with van der Waals surface area (Å²) >= 11 is 0. The van der Waals surface area contributed by atoms with Gasteiger partial charge in [0, 0.05) is 36.2 Å². The molecule has 1 aliphatic rings. The molecule has 4 heterocycles. The lowest BCUT2D eigenvalue weighted by atomic mass is 10.1. The number of aromatic amines is 1. The van der Waals surface area contributed by atoms with Crippen molar-refractivity contribution in [2.75, 3.05) is 23.3 Å². The van der Waals surface area contributed by atoms with E-state index in [0.717, 1.165) is 22.3 Å². The second kappa shape index (κ2) is 5.91. The predicted molar refractivity (Wildman–Crippen MR) is 98.4 cm³/mol. The SMILES string of the molecule is F[C@@H]1CCN(c2nccc3cc(Nc4[nH]nc5nccnc45)ccc23)C1. The summed E-state index contributed by atoms with van der Waals surface area (Å²) in [6.07, 6.45) is 4.80. The first kappa shape index (κ1) is 15.0. The maximum atomic E-state index is 13.6. The number of H-pyrrole nitrogens is 1. The monoisotopic (exact) mass is 349 g/mol. The number of benzene rings is 1. The van der Waals surface area contributed by atoms with E-state index >= 15 is 0 Å². The summed E-state index contributed by atoms with van der Waals surface area (Å²) in [6, 6.07) is 7.97. The van der Waals surface area contributed by atoms with Gasteiger partial charge in [-0.2, -0.15) is 5.10 Å². The molecule has 7 nitrogen and oxygen atoms in total. The minimum Gasteiger partial charge on any atom is -0.353 e. The minimum atomic E-state index is -0.775. The number of fused-ring (bicyclic) bond motifs is 2. The van der Waals surface area contributed by atoms with Crippen LogP contribution >= 0.6 is 0 Å². The van der Waals surface area contributed by atoms with Crippen LogP contribution in [0.25, 0.3) is 21.9 Å². The van der Waals surface area contributed by atoms with Gasteiger partial charge in [-0.05, 0) is 36.1 Å². The largest absolute Gasteiger partial charge is 0.353 e. The highest BCUT2D eigenvalue weighted by molar-refractivity contribution is 5.95. The molecule has 1 saturated heterocycles. The molecule has 0 bridgehead atoms. The summed E-state index contributed by atoms with van der Waals surface area (Å²) in [4.78, 5) is 15.0. The third kappa shape index (κ3) is 2.50. The van der Waals surface area contributed by atoms with Crippen LogP contribution in [0.5, 0.6) is 0 Å². The van der Waals surface area contributed by atoms with Crippen LogP contribution in [-0.4, -0.2) is 44.4 Å². The van der Waals surface area contributed by atoms with Crippen molar-refractivity contribution in [3.05, 3.63) is 42.9 Å². The summed E-state index contributed by atoms with van der Waals surface area (Å²) < 4.78 is 13.6. The van der Waals surface area contributed by atoms with Crippen LogP contribution in [-0.2, 0) is 0 Å². The van der Waals surface area contributed by atoms with Gasteiger partial charge in [-0.1, -0.05) is 0 Å². The van der Waals surface area contributed by atoms with Gasteiger partial charge in [0.05, 0.1) is 6.54 Å². The fourth-order valence-electron chi connectivity index (χ4n) is 3.38. The fourth-order valence-corrected chi connectivity index (χ4v) is 3.38. The number of halogens is 1. The molecule has 4 aromatic rings. The zero-order valence-electron chi connectivity index (χ0n) is 13.9. The van der Waals surface area contributed by atoms with Crippen molar-refractivity contribution < 1.29 is 4.39 Å².